The molecule has 1 heterocycles. The monoisotopic (exact) mass is 409 g/mol. The molecule has 0 amide bonds. The van der Waals surface area contributed by atoms with Gasteiger partial charge in [-0.1, -0.05) is 33.6 Å². The molecule has 0 aliphatic heterocycles. The summed E-state index contributed by atoms with van der Waals surface area (Å²) in [6, 6.07) is 9.77. The minimum absolute atomic E-state index is 0.0841. The molecule has 24 heavy (non-hydrogen) atoms. The Morgan fingerprint density at radius 1 is 1.29 bits per heavy atom. The highest BCUT2D eigenvalue weighted by molar-refractivity contribution is 9.10. The van der Waals surface area contributed by atoms with Crippen LogP contribution in [0, 0.1) is 0 Å². The summed E-state index contributed by atoms with van der Waals surface area (Å²) in [7, 11) is 0. The lowest BCUT2D eigenvalue weighted by atomic mass is 10.1. The maximum absolute atomic E-state index is 12.9. The normalized spacial score (nSPS) is 11.0. The zero-order valence-corrected chi connectivity index (χ0v) is 14.6. The van der Waals surface area contributed by atoms with E-state index in [1.807, 2.05) is 18.2 Å². The minimum atomic E-state index is -0.336. The first-order chi connectivity index (χ1) is 11.4. The number of hydrogen-bond donors (Lipinski definition) is 3. The molecule has 1 aromatic heterocycles. The Balaban J connectivity index is 2.16. The van der Waals surface area contributed by atoms with Crippen LogP contribution in [-0.4, -0.2) is 20.9 Å². The fourth-order valence-corrected chi connectivity index (χ4v) is 3.39. The van der Waals surface area contributed by atoms with Crippen LogP contribution in [0.1, 0.15) is 15.9 Å². The van der Waals surface area contributed by atoms with E-state index in [4.69, 9.17) is 17.3 Å². The molecule has 0 fully saturated rings. The van der Waals surface area contributed by atoms with Gasteiger partial charge in [0.05, 0.1) is 10.5 Å². The van der Waals surface area contributed by atoms with Crippen LogP contribution in [0.5, 0.6) is 0 Å². The first-order valence-corrected chi connectivity index (χ1v) is 8.11. The summed E-state index contributed by atoms with van der Waals surface area (Å²) in [5, 5.41) is 19.3. The van der Waals surface area contributed by atoms with Gasteiger partial charge in [-0.15, -0.1) is 5.23 Å². The smallest absolute Gasteiger partial charge is 0.262 e. The van der Waals surface area contributed by atoms with E-state index in [1.165, 1.54) is 22.8 Å². The Kier molecular flexibility index (Phi) is 4.62. The quantitative estimate of drug-likeness (QED) is 0.571. The summed E-state index contributed by atoms with van der Waals surface area (Å²) < 4.78 is 2.33. The van der Waals surface area contributed by atoms with Crippen molar-refractivity contribution in [3.8, 4) is 0 Å². The molecule has 0 aliphatic carbocycles. The van der Waals surface area contributed by atoms with E-state index < -0.39 is 0 Å². The molecule has 4 N–H and O–H groups in total. The summed E-state index contributed by atoms with van der Waals surface area (Å²) in [6.07, 6.45) is 1.68. The number of carbonyl (C=O) groups is 1. The van der Waals surface area contributed by atoms with E-state index in [9.17, 15) is 15.2 Å². The van der Waals surface area contributed by atoms with Gasteiger partial charge in [-0.25, -0.2) is 0 Å². The second-order valence-electron chi connectivity index (χ2n) is 5.12. The van der Waals surface area contributed by atoms with Gasteiger partial charge < -0.3 is 5.73 Å². The number of nitrogens with two attached hydrogens (primary N) is 1. The fraction of sp³-hybridized carbons (Fsp3) is 0.0625. The summed E-state index contributed by atoms with van der Waals surface area (Å²) >= 11 is 9.36. The van der Waals surface area contributed by atoms with Crippen LogP contribution < -0.4 is 11.0 Å². The first kappa shape index (κ1) is 16.9. The lowest BCUT2D eigenvalue weighted by molar-refractivity contribution is 0.0292. The molecule has 8 heteroatoms. The Morgan fingerprint density at radius 2 is 2.04 bits per heavy atom. The van der Waals surface area contributed by atoms with Gasteiger partial charge in [-0.2, -0.15) is 0 Å². The average Bonchev–Trinajstić information content (AvgIpc) is 2.94. The maximum Gasteiger partial charge on any atom is 0.262 e. The molecule has 6 nitrogen and oxygen atoms in total. The number of carbonyl (C=O) groups excluding carboxylic acids is 1. The number of benzene rings is 2. The van der Waals surface area contributed by atoms with Crippen LogP contribution in [0.25, 0.3) is 10.9 Å². The Hall–Kier alpha value is -1.90. The van der Waals surface area contributed by atoms with Crippen molar-refractivity contribution < 1.29 is 15.2 Å². The third kappa shape index (κ3) is 2.81. The number of hydrogen-bond acceptors (Lipinski definition) is 5. The number of fused-ring (bicyclic) bond motifs is 1. The van der Waals surface area contributed by atoms with Crippen LogP contribution >= 0.6 is 27.5 Å². The first-order valence-electron chi connectivity index (χ1n) is 6.94. The summed E-state index contributed by atoms with van der Waals surface area (Å²) in [4.78, 5) is 12.9. The maximum atomic E-state index is 12.9. The third-order valence-corrected chi connectivity index (χ3v) is 4.68. The number of rotatable bonds is 3. The second-order valence-corrected chi connectivity index (χ2v) is 6.38. The highest BCUT2D eigenvalue weighted by Crippen LogP contribution is 2.30. The van der Waals surface area contributed by atoms with Crippen LogP contribution in [0.2, 0.25) is 5.02 Å². The molecule has 0 spiro atoms. The molecular weight excluding hydrogens is 398 g/mol. The Morgan fingerprint density at radius 3 is 2.71 bits per heavy atom. The van der Waals surface area contributed by atoms with Crippen molar-refractivity contribution in [2.75, 3.05) is 5.23 Å². The van der Waals surface area contributed by atoms with E-state index in [2.05, 4.69) is 15.9 Å². The molecule has 0 aliphatic rings. The molecule has 124 valence electrons. The molecule has 3 rings (SSSR count). The van der Waals surface area contributed by atoms with Crippen molar-refractivity contribution in [3.63, 3.8) is 0 Å². The zero-order valence-electron chi connectivity index (χ0n) is 12.3. The van der Waals surface area contributed by atoms with E-state index in [0.717, 1.165) is 15.4 Å². The molecule has 0 radical (unpaired) electrons. The van der Waals surface area contributed by atoms with E-state index in [1.54, 1.807) is 6.20 Å². The predicted octanol–water partition coefficient (Wildman–Crippen LogP) is 3.79. The highest BCUT2D eigenvalue weighted by Gasteiger charge is 2.18. The molecule has 0 bridgehead atoms. The second kappa shape index (κ2) is 6.54. The number of aromatic nitrogens is 1. The van der Waals surface area contributed by atoms with Gasteiger partial charge in [0.1, 0.15) is 5.69 Å². The van der Waals surface area contributed by atoms with Gasteiger partial charge in [0.15, 0.2) is 0 Å². The van der Waals surface area contributed by atoms with Crippen LogP contribution in [0.3, 0.4) is 0 Å². The topological polar surface area (TPSA) is 91.7 Å². The van der Waals surface area contributed by atoms with E-state index >= 15 is 0 Å². The SMILES string of the molecule is NCc1cn(C(=O)c2ccc(Cl)c(N(O)O)c2)c2cccc(Br)c12. The lowest BCUT2D eigenvalue weighted by Gasteiger charge is -2.12. The Labute approximate surface area is 150 Å². The molecule has 0 saturated heterocycles. The van der Waals surface area contributed by atoms with Gasteiger partial charge in [0, 0.05) is 28.2 Å². The molecule has 0 saturated carbocycles. The molecule has 2 aromatic carbocycles. The van der Waals surface area contributed by atoms with Crippen molar-refractivity contribution in [1.29, 1.82) is 0 Å². The molecule has 3 aromatic rings. The van der Waals surface area contributed by atoms with Gasteiger partial charge >= 0.3 is 0 Å². The van der Waals surface area contributed by atoms with Crippen molar-refractivity contribution in [2.24, 2.45) is 5.73 Å². The van der Waals surface area contributed by atoms with Crippen molar-refractivity contribution in [1.82, 2.24) is 4.57 Å². The van der Waals surface area contributed by atoms with Crippen molar-refractivity contribution in [2.45, 2.75) is 6.54 Å². The predicted molar refractivity (Wildman–Crippen MR) is 94.8 cm³/mol. The van der Waals surface area contributed by atoms with E-state index in [0.29, 0.717) is 5.52 Å². The number of anilines is 1. The summed E-state index contributed by atoms with van der Waals surface area (Å²) in [5.41, 5.74) is 7.48. The van der Waals surface area contributed by atoms with Crippen LogP contribution in [0.4, 0.5) is 5.69 Å². The van der Waals surface area contributed by atoms with Crippen LogP contribution in [0.15, 0.2) is 47.1 Å². The third-order valence-electron chi connectivity index (χ3n) is 3.70. The fourth-order valence-electron chi connectivity index (χ4n) is 2.58. The van der Waals surface area contributed by atoms with Gasteiger partial charge in [0.25, 0.3) is 5.91 Å². The lowest BCUT2D eigenvalue weighted by Crippen LogP contribution is -2.15. The molecule has 0 atom stereocenters. The largest absolute Gasteiger partial charge is 0.326 e. The van der Waals surface area contributed by atoms with Crippen molar-refractivity contribution >= 4 is 50.0 Å². The zero-order chi connectivity index (χ0) is 17.4. The van der Waals surface area contributed by atoms with Crippen molar-refractivity contribution in [3.05, 3.63) is 63.2 Å². The van der Waals surface area contributed by atoms with Crippen LogP contribution in [-0.2, 0) is 6.54 Å². The minimum Gasteiger partial charge on any atom is -0.326 e. The number of nitrogens with zero attached hydrogens (tertiary/aromatic N) is 2. The standard InChI is InChI=1S/C16H13BrClN3O3/c17-11-2-1-3-13-15(11)10(7-19)8-20(13)16(22)9-4-5-12(18)14(6-9)21(23)24/h1-6,8,23-24H,7,19H2. The summed E-state index contributed by atoms with van der Waals surface area (Å²) in [5.74, 6) is -0.336. The van der Waals surface area contributed by atoms with Gasteiger partial charge in [-0.05, 0) is 35.9 Å². The average molecular weight is 411 g/mol. The van der Waals surface area contributed by atoms with Gasteiger partial charge in [0.2, 0.25) is 0 Å². The van der Waals surface area contributed by atoms with Gasteiger partial charge in [-0.3, -0.25) is 19.8 Å². The molecule has 0 unspecified atom stereocenters. The van der Waals surface area contributed by atoms with E-state index in [-0.39, 0.29) is 34.0 Å². The Bertz CT molecular complexity index is 940. The summed E-state index contributed by atoms with van der Waals surface area (Å²) in [6.45, 7) is 0.284. The highest BCUT2D eigenvalue weighted by atomic mass is 79.9. The number of halogens is 2. The molecular formula is C16H13BrClN3O3.